The van der Waals surface area contributed by atoms with Gasteiger partial charge in [-0.25, -0.2) is 9.78 Å². The van der Waals surface area contributed by atoms with Gasteiger partial charge in [-0.15, -0.1) is 11.3 Å². The van der Waals surface area contributed by atoms with Crippen LogP contribution in [0.2, 0.25) is 0 Å². The largest absolute Gasteiger partial charge is 0.594 e. The lowest BCUT2D eigenvalue weighted by molar-refractivity contribution is -0.641. The third kappa shape index (κ3) is 4.11. The molecule has 0 bridgehead atoms. The van der Waals surface area contributed by atoms with Gasteiger partial charge in [0.1, 0.15) is 10.5 Å². The Balaban J connectivity index is 1.35. The van der Waals surface area contributed by atoms with E-state index in [-0.39, 0.29) is 17.4 Å². The van der Waals surface area contributed by atoms with E-state index < -0.39 is 5.97 Å². The quantitative estimate of drug-likeness (QED) is 0.486. The number of piperidine rings is 1. The maximum Gasteiger partial charge on any atom is 0.338 e. The summed E-state index contributed by atoms with van der Waals surface area (Å²) in [7, 11) is 0. The molecule has 0 saturated carbocycles. The lowest BCUT2D eigenvalue weighted by Crippen LogP contribution is -2.40. The number of nitrogens with zero attached hydrogens (tertiary/aromatic N) is 4. The van der Waals surface area contributed by atoms with Crippen LogP contribution in [0.5, 0.6) is 0 Å². The third-order valence-corrected chi connectivity index (χ3v) is 5.84. The second kappa shape index (κ2) is 8.00. The molecule has 3 heterocycles. The van der Waals surface area contributed by atoms with Crippen molar-refractivity contribution in [1.82, 2.24) is 10.1 Å². The average Bonchev–Trinajstić information content (AvgIpc) is 3.17. The van der Waals surface area contributed by atoms with Gasteiger partial charge in [-0.3, -0.25) is 4.79 Å². The number of carbonyl (C=O) groups excluding carboxylic acids is 1. The lowest BCUT2D eigenvalue weighted by Gasteiger charge is -2.30. The molecule has 1 aromatic carbocycles. The summed E-state index contributed by atoms with van der Waals surface area (Å²) in [5.74, 6) is -0.667. The molecule has 0 unspecified atom stereocenters. The van der Waals surface area contributed by atoms with Crippen LogP contribution < -0.4 is 15.1 Å². The molecule has 1 aliphatic heterocycles. The summed E-state index contributed by atoms with van der Waals surface area (Å²) >= 11 is 1.20. The highest BCUT2D eigenvalue weighted by Gasteiger charge is 2.25. The molecule has 1 saturated heterocycles. The molecular formula is C19H19N5O4S. The third-order valence-electron chi connectivity index (χ3n) is 5.01. The summed E-state index contributed by atoms with van der Waals surface area (Å²) in [5.41, 5.74) is 1.13. The van der Waals surface area contributed by atoms with E-state index >= 15 is 0 Å². The summed E-state index contributed by atoms with van der Waals surface area (Å²) in [5, 5.41) is 30.0. The smallest absolute Gasteiger partial charge is 0.338 e. The molecule has 2 aromatic heterocycles. The topological polar surface area (TPSA) is 122 Å². The van der Waals surface area contributed by atoms with E-state index in [1.807, 2.05) is 11.0 Å². The summed E-state index contributed by atoms with van der Waals surface area (Å²) in [4.78, 5) is 30.5. The SMILES string of the molecule is O=C(CC1CCN(c2nc3ccccc3[n+]([O-])n2)CC1)Nc1sccc1C(=O)O. The first-order valence-electron chi connectivity index (χ1n) is 9.23. The Hall–Kier alpha value is -3.27. The first kappa shape index (κ1) is 19.1. The zero-order valence-corrected chi connectivity index (χ0v) is 16.3. The molecule has 29 heavy (non-hydrogen) atoms. The average molecular weight is 413 g/mol. The second-order valence-electron chi connectivity index (χ2n) is 6.92. The number of carboxylic acid groups (broad SMARTS) is 1. The number of para-hydroxylation sites is 2. The Bertz CT molecular complexity index is 1060. The van der Waals surface area contributed by atoms with Crippen molar-refractivity contribution in [3.05, 3.63) is 46.5 Å². The predicted molar refractivity (Wildman–Crippen MR) is 108 cm³/mol. The molecule has 1 aliphatic rings. The lowest BCUT2D eigenvalue weighted by atomic mass is 9.93. The number of aromatic nitrogens is 3. The van der Waals surface area contributed by atoms with Crippen molar-refractivity contribution in [3.8, 4) is 0 Å². The molecule has 9 nitrogen and oxygen atoms in total. The number of carbonyl (C=O) groups is 2. The minimum atomic E-state index is -1.05. The van der Waals surface area contributed by atoms with Gasteiger partial charge in [0.05, 0.1) is 10.7 Å². The van der Waals surface area contributed by atoms with E-state index in [1.165, 1.54) is 17.4 Å². The number of hydrogen-bond acceptors (Lipinski definition) is 7. The van der Waals surface area contributed by atoms with E-state index in [2.05, 4.69) is 15.4 Å². The fourth-order valence-corrected chi connectivity index (χ4v) is 4.27. The van der Waals surface area contributed by atoms with Gasteiger partial charge in [-0.2, -0.15) is 0 Å². The van der Waals surface area contributed by atoms with Crippen LogP contribution in [-0.2, 0) is 4.79 Å². The molecule has 0 radical (unpaired) electrons. The molecule has 150 valence electrons. The monoisotopic (exact) mass is 413 g/mol. The minimum Gasteiger partial charge on any atom is -0.594 e. The fourth-order valence-electron chi connectivity index (χ4n) is 3.47. The number of benzene rings is 1. The van der Waals surface area contributed by atoms with E-state index in [0.29, 0.717) is 46.3 Å². The van der Waals surface area contributed by atoms with Crippen LogP contribution in [0.3, 0.4) is 0 Å². The highest BCUT2D eigenvalue weighted by molar-refractivity contribution is 7.14. The maximum absolute atomic E-state index is 12.3. The molecule has 3 aromatic rings. The van der Waals surface area contributed by atoms with Crippen LogP contribution in [0.25, 0.3) is 11.0 Å². The van der Waals surface area contributed by atoms with Gasteiger partial charge >= 0.3 is 5.97 Å². The second-order valence-corrected chi connectivity index (χ2v) is 7.84. The van der Waals surface area contributed by atoms with E-state index in [4.69, 9.17) is 5.11 Å². The van der Waals surface area contributed by atoms with Gasteiger partial charge in [0.15, 0.2) is 0 Å². The van der Waals surface area contributed by atoms with Crippen LogP contribution in [-0.4, -0.2) is 40.2 Å². The first-order valence-corrected chi connectivity index (χ1v) is 10.1. The van der Waals surface area contributed by atoms with Gasteiger partial charge in [0.25, 0.3) is 11.5 Å². The molecule has 2 N–H and O–H groups in total. The van der Waals surface area contributed by atoms with Crippen LogP contribution >= 0.6 is 11.3 Å². The first-order chi connectivity index (χ1) is 14.0. The summed E-state index contributed by atoms with van der Waals surface area (Å²) in [6.45, 7) is 1.30. The molecular weight excluding hydrogens is 394 g/mol. The van der Waals surface area contributed by atoms with E-state index in [9.17, 15) is 14.8 Å². The maximum atomic E-state index is 12.3. The number of carboxylic acids is 1. The van der Waals surface area contributed by atoms with Crippen LogP contribution in [0.1, 0.15) is 29.6 Å². The number of fused-ring (bicyclic) bond motifs is 1. The molecule has 1 amide bonds. The number of aromatic carboxylic acids is 1. The zero-order valence-electron chi connectivity index (χ0n) is 15.4. The molecule has 4 rings (SSSR count). The Kier molecular flexibility index (Phi) is 5.26. The zero-order chi connectivity index (χ0) is 20.4. The molecule has 0 atom stereocenters. The number of hydrogen-bond donors (Lipinski definition) is 2. The van der Waals surface area contributed by atoms with Crippen molar-refractivity contribution in [2.75, 3.05) is 23.3 Å². The molecule has 10 heteroatoms. The van der Waals surface area contributed by atoms with Crippen LogP contribution in [0.4, 0.5) is 10.9 Å². The highest BCUT2D eigenvalue weighted by Crippen LogP contribution is 2.26. The molecule has 0 aliphatic carbocycles. The minimum absolute atomic E-state index is 0.109. The molecule has 1 fully saturated rings. The van der Waals surface area contributed by atoms with Gasteiger partial charge in [0, 0.05) is 25.6 Å². The Morgan fingerprint density at radius 2 is 2.03 bits per heavy atom. The van der Waals surface area contributed by atoms with Crippen molar-refractivity contribution >= 4 is 45.2 Å². The van der Waals surface area contributed by atoms with Crippen LogP contribution in [0, 0.1) is 11.1 Å². The Morgan fingerprint density at radius 3 is 2.79 bits per heavy atom. The van der Waals surface area contributed by atoms with Crippen molar-refractivity contribution in [2.24, 2.45) is 5.92 Å². The Labute approximate surface area is 170 Å². The van der Waals surface area contributed by atoms with Crippen molar-refractivity contribution in [2.45, 2.75) is 19.3 Å². The molecule has 0 spiro atoms. The fraction of sp³-hybridized carbons (Fsp3) is 0.316. The van der Waals surface area contributed by atoms with Gasteiger partial charge in [0.2, 0.25) is 5.91 Å². The van der Waals surface area contributed by atoms with Gasteiger partial charge in [-0.05, 0) is 41.1 Å². The number of thiophene rings is 1. The summed E-state index contributed by atoms with van der Waals surface area (Å²) in [6, 6.07) is 8.54. The number of anilines is 2. The standard InChI is InChI=1S/C19H19N5O4S/c25-16(21-17-13(18(26)27)7-10-29-17)11-12-5-8-23(9-6-12)19-20-14-3-1-2-4-15(14)24(28)22-19/h1-4,7,10,12H,5-6,8-9,11H2,(H,21,25)(H,26,27). The normalized spacial score (nSPS) is 14.8. The van der Waals surface area contributed by atoms with Crippen molar-refractivity contribution in [3.63, 3.8) is 0 Å². The van der Waals surface area contributed by atoms with Gasteiger partial charge in [-0.1, -0.05) is 12.1 Å². The number of nitrogens with one attached hydrogen (secondary N) is 1. The van der Waals surface area contributed by atoms with Crippen molar-refractivity contribution in [1.29, 1.82) is 0 Å². The summed E-state index contributed by atoms with van der Waals surface area (Å²) < 4.78 is 0. The van der Waals surface area contributed by atoms with E-state index in [1.54, 1.807) is 23.6 Å². The van der Waals surface area contributed by atoms with Gasteiger partial charge < -0.3 is 20.5 Å². The number of amides is 1. The predicted octanol–water partition coefficient (Wildman–Crippen LogP) is 2.27. The van der Waals surface area contributed by atoms with E-state index in [0.717, 1.165) is 12.8 Å². The van der Waals surface area contributed by atoms with Crippen molar-refractivity contribution < 1.29 is 19.5 Å². The highest BCUT2D eigenvalue weighted by atomic mass is 32.1. The van der Waals surface area contributed by atoms with Crippen LogP contribution in [0.15, 0.2) is 35.7 Å². The summed E-state index contributed by atoms with van der Waals surface area (Å²) in [6.07, 6.45) is 1.85. The number of rotatable bonds is 5. The Morgan fingerprint density at radius 1 is 1.28 bits per heavy atom.